The van der Waals surface area contributed by atoms with Gasteiger partial charge in [-0.2, -0.15) is 0 Å². The summed E-state index contributed by atoms with van der Waals surface area (Å²) in [6.45, 7) is 1.71. The Bertz CT molecular complexity index is 527. The highest BCUT2D eigenvalue weighted by molar-refractivity contribution is 9.10. The number of rotatable bonds is 4. The van der Waals surface area contributed by atoms with Crippen molar-refractivity contribution < 1.29 is 9.18 Å². The van der Waals surface area contributed by atoms with Gasteiger partial charge < -0.3 is 10.2 Å². The molecule has 1 aliphatic heterocycles. The van der Waals surface area contributed by atoms with Crippen LogP contribution in [-0.2, 0) is 0 Å². The maximum atomic E-state index is 14.2. The molecule has 0 spiro atoms. The largest absolute Gasteiger partial charge is 0.334 e. The molecule has 3 rings (SSSR count). The van der Waals surface area contributed by atoms with E-state index < -0.39 is 5.82 Å². The van der Waals surface area contributed by atoms with Crippen LogP contribution >= 0.6 is 15.9 Å². The van der Waals surface area contributed by atoms with Crippen molar-refractivity contribution in [3.05, 3.63) is 34.1 Å². The lowest BCUT2D eigenvalue weighted by molar-refractivity contribution is 0.0713. The van der Waals surface area contributed by atoms with Crippen LogP contribution in [0.2, 0.25) is 0 Å². The number of hydrogen-bond donors (Lipinski definition) is 1. The van der Waals surface area contributed by atoms with Crippen molar-refractivity contribution >= 4 is 21.8 Å². The van der Waals surface area contributed by atoms with Crippen LogP contribution in [0.1, 0.15) is 42.5 Å². The zero-order chi connectivity index (χ0) is 14.8. The highest BCUT2D eigenvalue weighted by atomic mass is 79.9. The molecule has 1 aromatic rings. The Morgan fingerprint density at radius 3 is 2.81 bits per heavy atom. The summed E-state index contributed by atoms with van der Waals surface area (Å²) >= 11 is 3.16. The summed E-state index contributed by atoms with van der Waals surface area (Å²) in [5, 5.41) is 3.47. The summed E-state index contributed by atoms with van der Waals surface area (Å²) in [5.41, 5.74) is 0.173. The molecule has 1 aromatic carbocycles. The van der Waals surface area contributed by atoms with E-state index in [-0.39, 0.29) is 11.5 Å². The van der Waals surface area contributed by atoms with E-state index in [0.717, 1.165) is 25.8 Å². The SMILES string of the molecule is O=C(c1cccc(Br)c1F)N(CC1CCCCN1)C1CC1. The summed E-state index contributed by atoms with van der Waals surface area (Å²) < 4.78 is 14.5. The Morgan fingerprint density at radius 1 is 1.33 bits per heavy atom. The van der Waals surface area contributed by atoms with Crippen molar-refractivity contribution in [1.82, 2.24) is 10.2 Å². The van der Waals surface area contributed by atoms with Gasteiger partial charge in [0, 0.05) is 18.6 Å². The van der Waals surface area contributed by atoms with Crippen molar-refractivity contribution in [3.63, 3.8) is 0 Å². The van der Waals surface area contributed by atoms with Gasteiger partial charge in [-0.25, -0.2) is 4.39 Å². The van der Waals surface area contributed by atoms with Crippen LogP contribution in [0.25, 0.3) is 0 Å². The average molecular weight is 355 g/mol. The van der Waals surface area contributed by atoms with Crippen molar-refractivity contribution in [2.24, 2.45) is 0 Å². The monoisotopic (exact) mass is 354 g/mol. The Morgan fingerprint density at radius 2 is 2.14 bits per heavy atom. The molecule has 1 aliphatic carbocycles. The summed E-state index contributed by atoms with van der Waals surface area (Å²) in [5.74, 6) is -0.631. The molecule has 0 radical (unpaired) electrons. The molecule has 1 heterocycles. The summed E-state index contributed by atoms with van der Waals surface area (Å²) in [6, 6.07) is 5.55. The first-order chi connectivity index (χ1) is 10.2. The lowest BCUT2D eigenvalue weighted by Gasteiger charge is -2.31. The fraction of sp³-hybridized carbons (Fsp3) is 0.562. The molecule has 0 aromatic heterocycles. The Hall–Kier alpha value is -0.940. The molecular weight excluding hydrogens is 335 g/mol. The van der Waals surface area contributed by atoms with Crippen molar-refractivity contribution in [2.45, 2.75) is 44.2 Å². The van der Waals surface area contributed by atoms with Crippen molar-refractivity contribution in [3.8, 4) is 0 Å². The van der Waals surface area contributed by atoms with E-state index in [1.165, 1.54) is 12.8 Å². The number of nitrogens with one attached hydrogen (secondary N) is 1. The van der Waals surface area contributed by atoms with E-state index in [2.05, 4.69) is 21.2 Å². The Kier molecular flexibility index (Phi) is 4.60. The van der Waals surface area contributed by atoms with Crippen LogP contribution in [0.5, 0.6) is 0 Å². The number of halogens is 2. The molecule has 5 heteroatoms. The van der Waals surface area contributed by atoms with E-state index in [1.807, 2.05) is 4.90 Å². The van der Waals surface area contributed by atoms with Gasteiger partial charge in [-0.3, -0.25) is 4.79 Å². The third-order valence-electron chi connectivity index (χ3n) is 4.26. The lowest BCUT2D eigenvalue weighted by atomic mass is 10.0. The molecule has 2 aliphatic rings. The number of hydrogen-bond acceptors (Lipinski definition) is 2. The minimum Gasteiger partial charge on any atom is -0.334 e. The summed E-state index contributed by atoms with van der Waals surface area (Å²) in [4.78, 5) is 14.6. The predicted molar refractivity (Wildman–Crippen MR) is 83.8 cm³/mol. The quantitative estimate of drug-likeness (QED) is 0.899. The first-order valence-electron chi connectivity index (χ1n) is 7.65. The van der Waals surface area contributed by atoms with Gasteiger partial charge in [-0.15, -0.1) is 0 Å². The van der Waals surface area contributed by atoms with E-state index in [9.17, 15) is 9.18 Å². The maximum Gasteiger partial charge on any atom is 0.257 e. The highest BCUT2D eigenvalue weighted by Crippen LogP contribution is 2.30. The molecule has 114 valence electrons. The van der Waals surface area contributed by atoms with Gasteiger partial charge >= 0.3 is 0 Å². The zero-order valence-electron chi connectivity index (χ0n) is 11.9. The third kappa shape index (κ3) is 3.46. The van der Waals surface area contributed by atoms with Gasteiger partial charge in [-0.05, 0) is 60.3 Å². The predicted octanol–water partition coefficient (Wildman–Crippen LogP) is 3.33. The first-order valence-corrected chi connectivity index (χ1v) is 8.44. The fourth-order valence-electron chi connectivity index (χ4n) is 2.92. The molecule has 2 fully saturated rings. The highest BCUT2D eigenvalue weighted by Gasteiger charge is 2.35. The van der Waals surface area contributed by atoms with Crippen LogP contribution in [0.3, 0.4) is 0 Å². The standard InChI is InChI=1S/C16H20BrFN2O/c17-14-6-3-5-13(15(14)18)16(21)20(12-7-8-12)10-11-4-1-2-9-19-11/h3,5-6,11-12,19H,1-2,4,7-10H2. The third-order valence-corrected chi connectivity index (χ3v) is 4.87. The molecule has 1 saturated carbocycles. The zero-order valence-corrected chi connectivity index (χ0v) is 13.5. The molecule has 3 nitrogen and oxygen atoms in total. The first kappa shape index (κ1) is 15.0. The van der Waals surface area contributed by atoms with Crippen LogP contribution in [0.4, 0.5) is 4.39 Å². The second kappa shape index (κ2) is 6.44. The van der Waals surface area contributed by atoms with E-state index in [0.29, 0.717) is 23.1 Å². The van der Waals surface area contributed by atoms with Crippen LogP contribution < -0.4 is 5.32 Å². The summed E-state index contributed by atoms with van der Waals surface area (Å²) in [6.07, 6.45) is 5.57. The summed E-state index contributed by atoms with van der Waals surface area (Å²) in [7, 11) is 0. The van der Waals surface area contributed by atoms with Crippen LogP contribution in [0.15, 0.2) is 22.7 Å². The smallest absolute Gasteiger partial charge is 0.257 e. The minimum absolute atomic E-state index is 0.173. The Labute approximate surface area is 133 Å². The van der Waals surface area contributed by atoms with E-state index in [4.69, 9.17) is 0 Å². The van der Waals surface area contributed by atoms with Crippen LogP contribution in [-0.4, -0.2) is 36.0 Å². The van der Waals surface area contributed by atoms with E-state index >= 15 is 0 Å². The van der Waals surface area contributed by atoms with E-state index in [1.54, 1.807) is 18.2 Å². The molecule has 1 N–H and O–H groups in total. The second-order valence-electron chi connectivity index (χ2n) is 5.94. The number of amides is 1. The minimum atomic E-state index is -0.454. The fourth-order valence-corrected chi connectivity index (χ4v) is 3.29. The average Bonchev–Trinajstić information content (AvgIpc) is 3.33. The Balaban J connectivity index is 1.76. The molecule has 1 saturated heterocycles. The second-order valence-corrected chi connectivity index (χ2v) is 6.79. The number of benzene rings is 1. The molecule has 21 heavy (non-hydrogen) atoms. The molecular formula is C16H20BrFN2O. The number of carbonyl (C=O) groups is 1. The van der Waals surface area contributed by atoms with Crippen molar-refractivity contribution in [1.29, 1.82) is 0 Å². The number of piperidine rings is 1. The molecule has 0 bridgehead atoms. The normalized spacial score (nSPS) is 22.1. The molecule has 1 unspecified atom stereocenters. The van der Waals surface area contributed by atoms with Gasteiger partial charge in [0.1, 0.15) is 5.82 Å². The number of carbonyl (C=O) groups excluding carboxylic acids is 1. The van der Waals surface area contributed by atoms with Gasteiger partial charge in [0.05, 0.1) is 10.0 Å². The van der Waals surface area contributed by atoms with Gasteiger partial charge in [0.2, 0.25) is 0 Å². The van der Waals surface area contributed by atoms with Crippen LogP contribution in [0, 0.1) is 5.82 Å². The topological polar surface area (TPSA) is 32.3 Å². The van der Waals surface area contributed by atoms with Gasteiger partial charge in [-0.1, -0.05) is 12.5 Å². The molecule has 1 amide bonds. The maximum absolute atomic E-state index is 14.2. The van der Waals surface area contributed by atoms with Gasteiger partial charge in [0.25, 0.3) is 5.91 Å². The molecule has 1 atom stereocenters. The van der Waals surface area contributed by atoms with Crippen molar-refractivity contribution in [2.75, 3.05) is 13.1 Å². The van der Waals surface area contributed by atoms with Gasteiger partial charge in [0.15, 0.2) is 0 Å². The number of nitrogens with zero attached hydrogens (tertiary/aromatic N) is 1. The lowest BCUT2D eigenvalue weighted by Crippen LogP contribution is -2.46.